The molecule has 0 aromatic heterocycles. The van der Waals surface area contributed by atoms with E-state index >= 15 is 0 Å². The van der Waals surface area contributed by atoms with Gasteiger partial charge >= 0.3 is 0 Å². The minimum absolute atomic E-state index is 0.0883. The highest BCUT2D eigenvalue weighted by Gasteiger charge is 2.20. The molecule has 0 saturated heterocycles. The van der Waals surface area contributed by atoms with E-state index in [-0.39, 0.29) is 35.4 Å². The van der Waals surface area contributed by atoms with Crippen molar-refractivity contribution in [1.29, 1.82) is 0 Å². The van der Waals surface area contributed by atoms with E-state index in [9.17, 15) is 5.48 Å². The van der Waals surface area contributed by atoms with E-state index in [1.807, 2.05) is 120 Å². The summed E-state index contributed by atoms with van der Waals surface area (Å²) in [5.41, 5.74) is 4.54. The van der Waals surface area contributed by atoms with Gasteiger partial charge in [0.05, 0.1) is 11.2 Å². The Hall–Kier alpha value is -6.18. The monoisotopic (exact) mass is 601 g/mol. The van der Waals surface area contributed by atoms with E-state index in [0.717, 1.165) is 65.6 Å². The summed E-state index contributed by atoms with van der Waals surface area (Å²) < 4.78 is 39.0. The molecule has 9 aromatic carbocycles. The van der Waals surface area contributed by atoms with Gasteiger partial charge in [-0.3, -0.25) is 0 Å². The van der Waals surface area contributed by atoms with Gasteiger partial charge in [-0.25, -0.2) is 0 Å². The van der Waals surface area contributed by atoms with Crippen LogP contribution in [0.5, 0.6) is 0 Å². The van der Waals surface area contributed by atoms with Gasteiger partial charge in [-0.2, -0.15) is 0 Å². The average molecular weight is 602 g/mol. The van der Waals surface area contributed by atoms with Crippen LogP contribution in [0.4, 0.5) is 17.1 Å². The number of nitrogens with zero attached hydrogens (tertiary/aromatic N) is 1. The zero-order valence-corrected chi connectivity index (χ0v) is 25.5. The molecule has 9 aromatic rings. The number of hydrogen-bond acceptors (Lipinski definition) is 1. The summed E-state index contributed by atoms with van der Waals surface area (Å²) >= 11 is 0. The maximum absolute atomic E-state index is 9.75. The highest BCUT2D eigenvalue weighted by molar-refractivity contribution is 6.21. The van der Waals surface area contributed by atoms with Gasteiger partial charge in [-0.1, -0.05) is 158 Å². The van der Waals surface area contributed by atoms with E-state index < -0.39 is 0 Å². The van der Waals surface area contributed by atoms with Crippen molar-refractivity contribution in [2.75, 3.05) is 4.90 Å². The van der Waals surface area contributed by atoms with Crippen molar-refractivity contribution in [3.05, 3.63) is 188 Å². The van der Waals surface area contributed by atoms with Gasteiger partial charge in [0, 0.05) is 16.8 Å². The third kappa shape index (κ3) is 4.56. The molecule has 47 heavy (non-hydrogen) atoms. The van der Waals surface area contributed by atoms with Crippen LogP contribution >= 0.6 is 0 Å². The second kappa shape index (κ2) is 11.3. The van der Waals surface area contributed by atoms with Crippen molar-refractivity contribution in [2.24, 2.45) is 0 Å². The molecule has 0 aliphatic rings. The molecule has 0 spiro atoms. The molecule has 1 heteroatoms. The first-order chi connectivity index (χ1) is 25.0. The van der Waals surface area contributed by atoms with E-state index in [1.165, 1.54) is 0 Å². The third-order valence-electron chi connectivity index (χ3n) is 9.08. The molecular weight excluding hydrogens is 567 g/mol. The summed E-state index contributed by atoms with van der Waals surface area (Å²) in [4.78, 5) is 1.90. The lowest BCUT2D eigenvalue weighted by atomic mass is 9.85. The van der Waals surface area contributed by atoms with E-state index in [2.05, 4.69) is 48.5 Å². The summed E-state index contributed by atoms with van der Waals surface area (Å²) in [7, 11) is 0. The van der Waals surface area contributed by atoms with Crippen molar-refractivity contribution in [1.82, 2.24) is 0 Å². The van der Waals surface area contributed by atoms with Gasteiger partial charge in [0.15, 0.2) is 0 Å². The first-order valence-corrected chi connectivity index (χ1v) is 15.9. The van der Waals surface area contributed by atoms with Crippen LogP contribution in [0.1, 0.15) is 5.48 Å². The lowest BCUT2D eigenvalue weighted by molar-refractivity contribution is 1.30. The smallest absolute Gasteiger partial charge is 0.0645 e. The van der Waals surface area contributed by atoms with E-state index in [4.69, 9.17) is 0 Å². The van der Waals surface area contributed by atoms with Gasteiger partial charge < -0.3 is 4.90 Å². The molecule has 0 saturated carbocycles. The zero-order valence-electron chi connectivity index (χ0n) is 29.5. The molecule has 0 atom stereocenters. The fraction of sp³-hybridized carbons (Fsp3) is 0. The highest BCUT2D eigenvalue weighted by atomic mass is 15.1. The van der Waals surface area contributed by atoms with E-state index in [1.54, 1.807) is 0 Å². The Bertz CT molecular complexity index is 2770. The second-order valence-corrected chi connectivity index (χ2v) is 11.8. The van der Waals surface area contributed by atoms with Crippen molar-refractivity contribution < 1.29 is 5.48 Å². The highest BCUT2D eigenvalue weighted by Crippen LogP contribution is 2.46. The first-order valence-electron chi connectivity index (χ1n) is 17.9. The van der Waals surface area contributed by atoms with Crippen LogP contribution in [-0.4, -0.2) is 0 Å². The molecule has 0 N–H and O–H groups in total. The van der Waals surface area contributed by atoms with Crippen LogP contribution < -0.4 is 4.90 Å². The molecule has 0 radical (unpaired) electrons. The zero-order chi connectivity index (χ0) is 34.6. The van der Waals surface area contributed by atoms with Gasteiger partial charge in [0.1, 0.15) is 0 Å². The van der Waals surface area contributed by atoms with Crippen LogP contribution in [0.3, 0.4) is 0 Å². The van der Waals surface area contributed by atoms with E-state index in [0.29, 0.717) is 5.56 Å². The number of rotatable bonds is 5. The largest absolute Gasteiger partial charge is 0.310 e. The maximum atomic E-state index is 9.75. The van der Waals surface area contributed by atoms with Crippen molar-refractivity contribution in [2.45, 2.75) is 0 Å². The fourth-order valence-corrected chi connectivity index (χ4v) is 7.03. The minimum atomic E-state index is -0.108. The number of hydrogen-bond donors (Lipinski definition) is 0. The summed E-state index contributed by atoms with van der Waals surface area (Å²) in [5.74, 6) is 0. The number of para-hydroxylation sites is 1. The third-order valence-corrected chi connectivity index (χ3v) is 9.08. The van der Waals surface area contributed by atoms with Crippen LogP contribution in [0.15, 0.2) is 188 Å². The molecule has 0 aliphatic carbocycles. The van der Waals surface area contributed by atoms with Crippen LogP contribution in [-0.2, 0) is 0 Å². The fourth-order valence-electron chi connectivity index (χ4n) is 7.03. The predicted molar refractivity (Wildman–Crippen MR) is 202 cm³/mol. The molecule has 220 valence electrons. The Kier molecular flexibility index (Phi) is 5.59. The Morgan fingerprint density at radius 3 is 1.40 bits per heavy atom. The molecule has 0 amide bonds. The Morgan fingerprint density at radius 2 is 0.787 bits per heavy atom. The number of benzene rings is 9. The summed E-state index contributed by atoms with van der Waals surface area (Å²) in [5, 5.41) is 8.07. The van der Waals surface area contributed by atoms with Gasteiger partial charge in [-0.05, 0) is 90.2 Å². The number of anilines is 3. The van der Waals surface area contributed by atoms with Crippen molar-refractivity contribution in [3.8, 4) is 22.3 Å². The summed E-state index contributed by atoms with van der Waals surface area (Å²) in [6.07, 6.45) is 0. The van der Waals surface area contributed by atoms with Crippen molar-refractivity contribution >= 4 is 60.2 Å². The van der Waals surface area contributed by atoms with Gasteiger partial charge in [0.25, 0.3) is 0 Å². The molecule has 9 rings (SSSR count). The topological polar surface area (TPSA) is 3.24 Å². The minimum Gasteiger partial charge on any atom is -0.310 e. The molecule has 0 heterocycles. The van der Waals surface area contributed by atoms with Gasteiger partial charge in [0.2, 0.25) is 0 Å². The Morgan fingerprint density at radius 1 is 0.340 bits per heavy atom. The molecule has 0 fully saturated rings. The van der Waals surface area contributed by atoms with Crippen LogP contribution in [0, 0.1) is 0 Å². The summed E-state index contributed by atoms with van der Waals surface area (Å²) in [6.45, 7) is 0. The van der Waals surface area contributed by atoms with Crippen LogP contribution in [0.2, 0.25) is 0 Å². The van der Waals surface area contributed by atoms with Gasteiger partial charge in [-0.15, -0.1) is 0 Å². The normalized spacial score (nSPS) is 12.6. The predicted octanol–water partition coefficient (Wildman–Crippen LogP) is 13.1. The average Bonchev–Trinajstić information content (AvgIpc) is 3.19. The molecule has 0 unspecified atom stereocenters. The Balaban J connectivity index is 1.40. The molecule has 0 aliphatic heterocycles. The quantitative estimate of drug-likeness (QED) is 0.177. The van der Waals surface area contributed by atoms with Crippen molar-refractivity contribution in [3.63, 3.8) is 0 Å². The lowest BCUT2D eigenvalue weighted by Gasteiger charge is -2.28. The second-order valence-electron chi connectivity index (χ2n) is 11.8. The molecule has 1 nitrogen and oxygen atoms in total. The molecule has 0 bridgehead atoms. The molecular formula is C46H31N. The SMILES string of the molecule is [2H]c1c([2H])c(N(c2ccccc2)c2cc3ccccc3c3ccccc23)c([2H])c([2H])c1-c1c(-c2ccccc2)c2ccccc2c2ccccc12. The summed E-state index contributed by atoms with van der Waals surface area (Å²) in [6, 6.07) is 54.2. The Labute approximate surface area is 280 Å². The number of fused-ring (bicyclic) bond motifs is 6. The van der Waals surface area contributed by atoms with Crippen LogP contribution in [0.25, 0.3) is 65.3 Å². The first kappa shape index (κ1) is 23.2. The lowest BCUT2D eigenvalue weighted by Crippen LogP contribution is -2.10. The maximum Gasteiger partial charge on any atom is 0.0645 e. The standard InChI is InChI=1S/C46H31N/c1-3-15-32(16-4-1)45-42-25-13-10-22-39(42)40-23-11-14-26-43(40)46(45)33-27-29-36(30-28-33)47(35-18-5-2-6-19-35)44-31-34-17-7-8-20-37(34)38-21-9-12-24-41(38)44/h1-31H/i27D,28D,29D,30D.